The number of nitrogens with one attached hydrogen (secondary N) is 3. The highest BCUT2D eigenvalue weighted by atomic mass is 32.1. The maximum absolute atomic E-state index is 13.0. The number of rotatable bonds is 9. The number of hydrogen-bond donors (Lipinski definition) is 3. The Morgan fingerprint density at radius 3 is 2.14 bits per heavy atom. The maximum Gasteiger partial charge on any atom is 0.338 e. The Kier molecular flexibility index (Phi) is 9.30. The van der Waals surface area contributed by atoms with Crippen LogP contribution in [0.5, 0.6) is 5.75 Å². The molecule has 1 aliphatic rings. The van der Waals surface area contributed by atoms with Gasteiger partial charge in [0, 0.05) is 23.6 Å². The zero-order chi connectivity index (χ0) is 26.2. The summed E-state index contributed by atoms with van der Waals surface area (Å²) < 4.78 is 11.0. The number of nitrogens with zero attached hydrogens (tertiary/aromatic N) is 1. The van der Waals surface area contributed by atoms with Gasteiger partial charge >= 0.3 is 12.0 Å². The van der Waals surface area contributed by atoms with Gasteiger partial charge in [-0.15, -0.1) is 0 Å². The first-order chi connectivity index (χ1) is 17.2. The van der Waals surface area contributed by atoms with E-state index in [-0.39, 0.29) is 17.9 Å². The molecule has 1 aliphatic heterocycles. The fourth-order valence-corrected chi connectivity index (χ4v) is 4.23. The van der Waals surface area contributed by atoms with Crippen molar-refractivity contribution in [2.24, 2.45) is 5.92 Å². The molecule has 0 fully saturated rings. The minimum atomic E-state index is -0.452. The molecular weight excluding hydrogens is 476 g/mol. The van der Waals surface area contributed by atoms with E-state index in [2.05, 4.69) is 16.0 Å². The molecule has 0 aliphatic carbocycles. The Bertz CT molecular complexity index is 1110. The van der Waals surface area contributed by atoms with Crippen LogP contribution in [0, 0.1) is 5.92 Å². The van der Waals surface area contributed by atoms with Crippen molar-refractivity contribution in [3.05, 3.63) is 65.4 Å². The Hall–Kier alpha value is -3.59. The Labute approximate surface area is 218 Å². The van der Waals surface area contributed by atoms with Gasteiger partial charge in [0.2, 0.25) is 0 Å². The first-order valence-electron chi connectivity index (χ1n) is 12.1. The molecule has 2 aromatic carbocycles. The molecular formula is C27H34N4O4S. The number of hydrogen-bond acceptors (Lipinski definition) is 5. The summed E-state index contributed by atoms with van der Waals surface area (Å²) in [5.74, 6) is 0.609. The second-order valence-electron chi connectivity index (χ2n) is 8.78. The summed E-state index contributed by atoms with van der Waals surface area (Å²) in [6.07, 6.45) is 0. The molecule has 0 radical (unpaired) electrons. The standard InChI is InChI=1S/C27H34N4O4S/c1-6-31-18(5)23(25(32)35-16-17(3)4)24(30-27(31)36)19-8-10-20(11-9-19)28-26(33)29-21-12-14-22(15-13-21)34-7-2/h8-15,17,24H,6-7,16H2,1-5H3,(H,30,36)(H2,28,29,33). The lowest BCUT2D eigenvalue weighted by Gasteiger charge is -2.37. The van der Waals surface area contributed by atoms with Crippen molar-refractivity contribution in [3.63, 3.8) is 0 Å². The van der Waals surface area contributed by atoms with E-state index in [1.807, 2.05) is 51.7 Å². The fraction of sp³-hybridized carbons (Fsp3) is 0.370. The van der Waals surface area contributed by atoms with Gasteiger partial charge in [0.25, 0.3) is 0 Å². The monoisotopic (exact) mass is 510 g/mol. The van der Waals surface area contributed by atoms with Gasteiger partial charge < -0.3 is 30.3 Å². The predicted octanol–water partition coefficient (Wildman–Crippen LogP) is 5.45. The van der Waals surface area contributed by atoms with E-state index in [1.165, 1.54) is 0 Å². The molecule has 3 rings (SSSR count). The Morgan fingerprint density at radius 2 is 1.61 bits per heavy atom. The van der Waals surface area contributed by atoms with Crippen molar-refractivity contribution in [1.29, 1.82) is 0 Å². The molecule has 8 nitrogen and oxygen atoms in total. The Balaban J connectivity index is 1.73. The topological polar surface area (TPSA) is 91.9 Å². The highest BCUT2D eigenvalue weighted by molar-refractivity contribution is 7.80. The maximum atomic E-state index is 13.0. The minimum Gasteiger partial charge on any atom is -0.494 e. The smallest absolute Gasteiger partial charge is 0.338 e. The number of urea groups is 1. The van der Waals surface area contributed by atoms with Crippen molar-refractivity contribution in [2.75, 3.05) is 30.4 Å². The number of anilines is 2. The molecule has 2 amide bonds. The van der Waals surface area contributed by atoms with Crippen LogP contribution in [0.15, 0.2) is 59.8 Å². The highest BCUT2D eigenvalue weighted by Gasteiger charge is 2.34. The van der Waals surface area contributed by atoms with Crippen LogP contribution in [0.1, 0.15) is 46.2 Å². The number of allylic oxidation sites excluding steroid dienone is 1. The van der Waals surface area contributed by atoms with E-state index in [9.17, 15) is 9.59 Å². The zero-order valence-corrected chi connectivity index (χ0v) is 22.2. The largest absolute Gasteiger partial charge is 0.494 e. The molecule has 0 aromatic heterocycles. The SMILES string of the molecule is CCOc1ccc(NC(=O)Nc2ccc(C3NC(=S)N(CC)C(C)=C3C(=O)OCC(C)C)cc2)cc1. The van der Waals surface area contributed by atoms with Crippen LogP contribution in [0.25, 0.3) is 0 Å². The summed E-state index contributed by atoms with van der Waals surface area (Å²) in [7, 11) is 0. The summed E-state index contributed by atoms with van der Waals surface area (Å²) in [5.41, 5.74) is 3.40. The van der Waals surface area contributed by atoms with Crippen LogP contribution in [0.4, 0.5) is 16.2 Å². The van der Waals surface area contributed by atoms with E-state index in [0.29, 0.717) is 41.8 Å². The fourth-order valence-electron chi connectivity index (χ4n) is 3.85. The van der Waals surface area contributed by atoms with E-state index < -0.39 is 6.04 Å². The first-order valence-corrected chi connectivity index (χ1v) is 12.5. The van der Waals surface area contributed by atoms with Gasteiger partial charge in [-0.2, -0.15) is 0 Å². The lowest BCUT2D eigenvalue weighted by molar-refractivity contribution is -0.140. The van der Waals surface area contributed by atoms with Crippen LogP contribution in [0.2, 0.25) is 0 Å². The molecule has 36 heavy (non-hydrogen) atoms. The van der Waals surface area contributed by atoms with Crippen LogP contribution < -0.4 is 20.7 Å². The molecule has 0 saturated heterocycles. The van der Waals surface area contributed by atoms with Crippen LogP contribution in [-0.2, 0) is 9.53 Å². The third kappa shape index (κ3) is 6.75. The molecule has 3 N–H and O–H groups in total. The van der Waals surface area contributed by atoms with Gasteiger partial charge in [0.15, 0.2) is 5.11 Å². The molecule has 9 heteroatoms. The normalized spacial score (nSPS) is 15.4. The van der Waals surface area contributed by atoms with Crippen molar-refractivity contribution >= 4 is 40.7 Å². The van der Waals surface area contributed by atoms with Crippen molar-refractivity contribution < 1.29 is 19.1 Å². The van der Waals surface area contributed by atoms with Gasteiger partial charge in [0.1, 0.15) is 5.75 Å². The molecule has 0 bridgehead atoms. The number of carbonyl (C=O) groups is 2. The molecule has 2 aromatic rings. The quantitative estimate of drug-likeness (QED) is 0.305. The molecule has 192 valence electrons. The van der Waals surface area contributed by atoms with E-state index in [0.717, 1.165) is 17.0 Å². The minimum absolute atomic E-state index is 0.229. The third-order valence-corrected chi connectivity index (χ3v) is 5.94. The van der Waals surface area contributed by atoms with Crippen molar-refractivity contribution in [2.45, 2.75) is 40.7 Å². The first kappa shape index (κ1) is 27.0. The summed E-state index contributed by atoms with van der Waals surface area (Å²) in [4.78, 5) is 27.4. The molecule has 0 spiro atoms. The molecule has 1 unspecified atom stereocenters. The molecule has 1 heterocycles. The second kappa shape index (κ2) is 12.4. The summed E-state index contributed by atoms with van der Waals surface area (Å²) in [5, 5.41) is 9.45. The van der Waals surface area contributed by atoms with Crippen molar-refractivity contribution in [1.82, 2.24) is 10.2 Å². The van der Waals surface area contributed by atoms with Crippen LogP contribution in [-0.4, -0.2) is 41.8 Å². The third-order valence-electron chi connectivity index (χ3n) is 5.61. The number of amides is 2. The van der Waals surface area contributed by atoms with Gasteiger partial charge in [-0.25, -0.2) is 9.59 Å². The van der Waals surface area contributed by atoms with E-state index in [4.69, 9.17) is 21.7 Å². The lowest BCUT2D eigenvalue weighted by atomic mass is 9.95. The van der Waals surface area contributed by atoms with Gasteiger partial charge in [-0.05, 0) is 80.9 Å². The number of esters is 1. The van der Waals surface area contributed by atoms with Gasteiger partial charge in [-0.3, -0.25) is 0 Å². The van der Waals surface area contributed by atoms with Gasteiger partial charge in [-0.1, -0.05) is 26.0 Å². The van der Waals surface area contributed by atoms with E-state index in [1.54, 1.807) is 36.4 Å². The molecule has 0 saturated carbocycles. The van der Waals surface area contributed by atoms with Gasteiger partial charge in [0.05, 0.1) is 24.8 Å². The number of benzene rings is 2. The summed E-state index contributed by atoms with van der Waals surface area (Å²) in [6.45, 7) is 11.3. The Morgan fingerprint density at radius 1 is 1.03 bits per heavy atom. The average Bonchev–Trinajstić information content (AvgIpc) is 2.84. The van der Waals surface area contributed by atoms with Crippen LogP contribution >= 0.6 is 12.2 Å². The summed E-state index contributed by atoms with van der Waals surface area (Å²) in [6, 6.07) is 13.6. The highest BCUT2D eigenvalue weighted by Crippen LogP contribution is 2.32. The average molecular weight is 511 g/mol. The lowest BCUT2D eigenvalue weighted by Crippen LogP contribution is -2.47. The number of ether oxygens (including phenoxy) is 2. The summed E-state index contributed by atoms with van der Waals surface area (Å²) >= 11 is 5.55. The second-order valence-corrected chi connectivity index (χ2v) is 9.16. The zero-order valence-electron chi connectivity index (χ0n) is 21.4. The van der Waals surface area contributed by atoms with E-state index >= 15 is 0 Å². The van der Waals surface area contributed by atoms with Crippen LogP contribution in [0.3, 0.4) is 0 Å². The number of carbonyl (C=O) groups excluding carboxylic acids is 2. The predicted molar refractivity (Wildman–Crippen MR) is 146 cm³/mol. The number of thiocarbonyl (C=S) groups is 1. The van der Waals surface area contributed by atoms with Crippen molar-refractivity contribution in [3.8, 4) is 5.75 Å². The molecule has 1 atom stereocenters.